The Morgan fingerprint density at radius 2 is 2.15 bits per heavy atom. The number of nitrogens with zero attached hydrogens (tertiary/aromatic N) is 2. The van der Waals surface area contributed by atoms with Gasteiger partial charge in [0.2, 0.25) is 0 Å². The summed E-state index contributed by atoms with van der Waals surface area (Å²) in [6.45, 7) is 0.962. The van der Waals surface area contributed by atoms with Crippen molar-refractivity contribution in [2.75, 3.05) is 11.4 Å². The first-order valence-corrected chi connectivity index (χ1v) is 6.80. The van der Waals surface area contributed by atoms with E-state index in [0.717, 1.165) is 6.42 Å². The Morgan fingerprint density at radius 3 is 2.70 bits per heavy atom. The molecule has 1 aliphatic rings. The van der Waals surface area contributed by atoms with Crippen molar-refractivity contribution >= 4 is 17.3 Å². The molecule has 0 aliphatic carbocycles. The molecule has 1 heterocycles. The van der Waals surface area contributed by atoms with Crippen molar-refractivity contribution in [2.45, 2.75) is 38.4 Å². The third-order valence-corrected chi connectivity index (χ3v) is 3.93. The number of anilines is 1. The second-order valence-electron chi connectivity index (χ2n) is 4.93. The van der Waals surface area contributed by atoms with Crippen molar-refractivity contribution in [3.05, 3.63) is 28.3 Å². The zero-order valence-electron chi connectivity index (χ0n) is 11.0. The van der Waals surface area contributed by atoms with Crippen molar-refractivity contribution in [1.82, 2.24) is 0 Å². The van der Waals surface area contributed by atoms with Crippen LogP contribution < -0.4 is 4.90 Å². The molecule has 2 rings (SSSR count). The quantitative estimate of drug-likeness (QED) is 0.832. The van der Waals surface area contributed by atoms with E-state index in [1.54, 1.807) is 6.07 Å². The van der Waals surface area contributed by atoms with Crippen molar-refractivity contribution in [3.8, 4) is 6.07 Å². The third-order valence-electron chi connectivity index (χ3n) is 3.50. The molecule has 1 atom stereocenters. The summed E-state index contributed by atoms with van der Waals surface area (Å²) in [5.41, 5.74) is 1.48. The van der Waals surface area contributed by atoms with E-state index in [0.29, 0.717) is 29.7 Å². The maximum absolute atomic E-state index is 12.7. The smallest absolute Gasteiger partial charge is 0.359 e. The summed E-state index contributed by atoms with van der Waals surface area (Å²) in [4.78, 5) is 1.37. The molecule has 0 fully saturated rings. The molecule has 0 bridgehead atoms. The average molecular weight is 303 g/mol. The second kappa shape index (κ2) is 5.53. The number of fused-ring (bicyclic) bond motifs is 1. The summed E-state index contributed by atoms with van der Waals surface area (Å²) in [6.07, 6.45) is -2.32. The molecule has 0 saturated carbocycles. The Hall–Kier alpha value is -1.41. The largest absolute Gasteiger partial charge is 0.405 e. The summed E-state index contributed by atoms with van der Waals surface area (Å²) in [6, 6.07) is 4.81. The monoisotopic (exact) mass is 302 g/mol. The molecular formula is C14H14ClF3N2. The van der Waals surface area contributed by atoms with Crippen LogP contribution >= 0.6 is 11.6 Å². The van der Waals surface area contributed by atoms with Crippen molar-refractivity contribution in [1.29, 1.82) is 5.26 Å². The number of benzene rings is 1. The zero-order chi connectivity index (χ0) is 14.9. The minimum absolute atomic E-state index is 0.205. The fourth-order valence-corrected chi connectivity index (χ4v) is 2.98. The van der Waals surface area contributed by atoms with E-state index >= 15 is 0 Å². The highest BCUT2D eigenvalue weighted by Crippen LogP contribution is 2.41. The van der Waals surface area contributed by atoms with Gasteiger partial charge < -0.3 is 4.90 Å². The highest BCUT2D eigenvalue weighted by atomic mass is 35.5. The van der Waals surface area contributed by atoms with E-state index in [2.05, 4.69) is 0 Å². The van der Waals surface area contributed by atoms with Gasteiger partial charge in [-0.1, -0.05) is 24.9 Å². The molecule has 6 heteroatoms. The molecule has 1 aromatic carbocycles. The van der Waals surface area contributed by atoms with Crippen LogP contribution in [0, 0.1) is 11.3 Å². The van der Waals surface area contributed by atoms with Gasteiger partial charge in [-0.05, 0) is 30.5 Å². The number of alkyl halides is 3. The van der Waals surface area contributed by atoms with Crippen LogP contribution in [0.5, 0.6) is 0 Å². The topological polar surface area (TPSA) is 27.0 Å². The van der Waals surface area contributed by atoms with Crippen LogP contribution in [0.3, 0.4) is 0 Å². The average Bonchev–Trinajstić information content (AvgIpc) is 2.68. The molecule has 1 aromatic rings. The number of halogens is 4. The van der Waals surface area contributed by atoms with Crippen molar-refractivity contribution in [2.24, 2.45) is 0 Å². The summed E-state index contributed by atoms with van der Waals surface area (Å²) in [7, 11) is 0. The lowest BCUT2D eigenvalue weighted by Gasteiger charge is -2.28. The van der Waals surface area contributed by atoms with Gasteiger partial charge >= 0.3 is 6.18 Å². The molecule has 20 heavy (non-hydrogen) atoms. The third kappa shape index (κ3) is 2.85. The minimum atomic E-state index is -4.26. The molecule has 1 aliphatic heterocycles. The molecule has 2 nitrogen and oxygen atoms in total. The van der Waals surface area contributed by atoms with Crippen LogP contribution in [0.2, 0.25) is 5.02 Å². The van der Waals surface area contributed by atoms with E-state index < -0.39 is 12.7 Å². The maximum Gasteiger partial charge on any atom is 0.405 e. The molecular weight excluding hydrogens is 289 g/mol. The van der Waals surface area contributed by atoms with E-state index in [1.165, 1.54) is 11.0 Å². The van der Waals surface area contributed by atoms with Crippen LogP contribution in [-0.2, 0) is 6.42 Å². The van der Waals surface area contributed by atoms with Gasteiger partial charge in [0.25, 0.3) is 0 Å². The number of hydrogen-bond acceptors (Lipinski definition) is 2. The van der Waals surface area contributed by atoms with Crippen LogP contribution in [0.25, 0.3) is 0 Å². The first-order chi connectivity index (χ1) is 9.37. The van der Waals surface area contributed by atoms with Gasteiger partial charge in [0.1, 0.15) is 12.6 Å². The van der Waals surface area contributed by atoms with Gasteiger partial charge in [-0.3, -0.25) is 0 Å². The summed E-state index contributed by atoms with van der Waals surface area (Å²) in [5, 5.41) is 9.23. The number of rotatable bonds is 3. The molecule has 1 unspecified atom stereocenters. The van der Waals surface area contributed by atoms with Crippen molar-refractivity contribution < 1.29 is 13.2 Å². The maximum atomic E-state index is 12.7. The standard InChI is InChI=1S/C14H14ClF3N2/c1-2-3-10-6-11-12(20(10)8-14(16,17)18)5-4-9(7-19)13(11)15/h4-5,10H,2-3,6,8H2,1H3. The fourth-order valence-electron chi connectivity index (χ4n) is 2.70. The van der Waals surface area contributed by atoms with Crippen LogP contribution in [0.15, 0.2) is 12.1 Å². The molecule has 0 N–H and O–H groups in total. The Labute approximate surface area is 120 Å². The Bertz CT molecular complexity index is 549. The lowest BCUT2D eigenvalue weighted by molar-refractivity contribution is -0.120. The number of hydrogen-bond donors (Lipinski definition) is 0. The minimum Gasteiger partial charge on any atom is -0.359 e. The summed E-state index contributed by atoms with van der Waals surface area (Å²) < 4.78 is 38.2. The highest BCUT2D eigenvalue weighted by Gasteiger charge is 2.38. The molecule has 108 valence electrons. The van der Waals surface area contributed by atoms with E-state index in [1.807, 2.05) is 13.0 Å². The molecule has 0 spiro atoms. The van der Waals surface area contributed by atoms with Crippen molar-refractivity contribution in [3.63, 3.8) is 0 Å². The van der Waals surface area contributed by atoms with Gasteiger partial charge in [-0.25, -0.2) is 0 Å². The van der Waals surface area contributed by atoms with E-state index in [9.17, 15) is 13.2 Å². The molecule has 0 aromatic heterocycles. The van der Waals surface area contributed by atoms with E-state index in [4.69, 9.17) is 16.9 Å². The summed E-state index contributed by atoms with van der Waals surface area (Å²) in [5.74, 6) is 0. The predicted molar refractivity (Wildman–Crippen MR) is 72.0 cm³/mol. The van der Waals surface area contributed by atoms with Crippen LogP contribution in [-0.4, -0.2) is 18.8 Å². The molecule has 0 radical (unpaired) electrons. The Kier molecular flexibility index (Phi) is 4.14. The number of nitriles is 1. The first-order valence-electron chi connectivity index (χ1n) is 6.42. The SMILES string of the molecule is CCCC1Cc2c(ccc(C#N)c2Cl)N1CC(F)(F)F. The van der Waals surface area contributed by atoms with Gasteiger partial charge in [-0.15, -0.1) is 0 Å². The predicted octanol–water partition coefficient (Wildman–Crippen LogP) is 4.31. The van der Waals surface area contributed by atoms with E-state index in [-0.39, 0.29) is 11.1 Å². The lowest BCUT2D eigenvalue weighted by Crippen LogP contribution is -2.39. The summed E-state index contributed by atoms with van der Waals surface area (Å²) >= 11 is 6.13. The van der Waals surface area contributed by atoms with Gasteiger partial charge in [0, 0.05) is 11.7 Å². The van der Waals surface area contributed by atoms with Crippen LogP contribution in [0.1, 0.15) is 30.9 Å². The first kappa shape index (κ1) is 15.0. The van der Waals surface area contributed by atoms with Crippen LogP contribution in [0.4, 0.5) is 18.9 Å². The van der Waals surface area contributed by atoms with Gasteiger partial charge in [0.15, 0.2) is 0 Å². The Morgan fingerprint density at radius 1 is 1.45 bits per heavy atom. The highest BCUT2D eigenvalue weighted by molar-refractivity contribution is 6.33. The zero-order valence-corrected chi connectivity index (χ0v) is 11.7. The molecule has 0 amide bonds. The molecule has 0 saturated heterocycles. The Balaban J connectivity index is 2.41. The fraction of sp³-hybridized carbons (Fsp3) is 0.500. The lowest BCUT2D eigenvalue weighted by atomic mass is 10.0. The normalized spacial score (nSPS) is 18.0. The second-order valence-corrected chi connectivity index (χ2v) is 5.30. The van der Waals surface area contributed by atoms with Gasteiger partial charge in [-0.2, -0.15) is 18.4 Å². The van der Waals surface area contributed by atoms with Gasteiger partial charge in [0.05, 0.1) is 10.6 Å².